The Morgan fingerprint density at radius 1 is 1.56 bits per heavy atom. The number of carbonyl (C=O) groups is 1. The third kappa shape index (κ3) is 3.73. The summed E-state index contributed by atoms with van der Waals surface area (Å²) in [4.78, 5) is 21.2. The fourth-order valence-corrected chi connectivity index (χ4v) is 1.65. The summed E-state index contributed by atoms with van der Waals surface area (Å²) in [6.07, 6.45) is 1.33. The SMILES string of the molecule is COc1c(Cl)ncnc1N(C)CC(=O)NC(C)C. The van der Waals surface area contributed by atoms with Crippen molar-refractivity contribution in [3.63, 3.8) is 0 Å². The van der Waals surface area contributed by atoms with Crippen LogP contribution in [0.2, 0.25) is 5.15 Å². The number of ether oxygens (including phenoxy) is 1. The summed E-state index contributed by atoms with van der Waals surface area (Å²) in [7, 11) is 3.22. The third-order valence-corrected chi connectivity index (χ3v) is 2.41. The number of nitrogens with one attached hydrogen (secondary N) is 1. The van der Waals surface area contributed by atoms with Crippen molar-refractivity contribution in [3.05, 3.63) is 11.5 Å². The molecule has 0 aliphatic heterocycles. The highest BCUT2D eigenvalue weighted by molar-refractivity contribution is 6.31. The number of hydrogen-bond donors (Lipinski definition) is 1. The molecule has 1 aromatic rings. The number of amides is 1. The highest BCUT2D eigenvalue weighted by atomic mass is 35.5. The molecule has 0 unspecified atom stereocenters. The molecule has 0 bridgehead atoms. The van der Waals surface area contributed by atoms with Crippen molar-refractivity contribution >= 4 is 23.3 Å². The molecule has 0 saturated heterocycles. The third-order valence-electron chi connectivity index (χ3n) is 2.14. The Morgan fingerprint density at radius 3 is 2.78 bits per heavy atom. The molecule has 0 atom stereocenters. The minimum Gasteiger partial charge on any atom is -0.490 e. The summed E-state index contributed by atoms with van der Waals surface area (Å²) in [5, 5.41) is 3.02. The van der Waals surface area contributed by atoms with Gasteiger partial charge in [0.25, 0.3) is 0 Å². The standard InChI is InChI=1S/C11H17ClN4O2/c1-7(2)15-8(17)5-16(3)11-9(18-4)10(12)13-6-14-11/h6-7H,5H2,1-4H3,(H,15,17). The normalized spacial score (nSPS) is 10.3. The van der Waals surface area contributed by atoms with Crippen LogP contribution in [0.1, 0.15) is 13.8 Å². The molecule has 1 rings (SSSR count). The molecule has 6 nitrogen and oxygen atoms in total. The number of likely N-dealkylation sites (N-methyl/N-ethyl adjacent to an activating group) is 1. The van der Waals surface area contributed by atoms with Gasteiger partial charge in [-0.1, -0.05) is 11.6 Å². The van der Waals surface area contributed by atoms with Crippen LogP contribution in [-0.2, 0) is 4.79 Å². The van der Waals surface area contributed by atoms with Gasteiger partial charge in [0.2, 0.25) is 5.91 Å². The number of anilines is 1. The zero-order valence-electron chi connectivity index (χ0n) is 10.9. The predicted octanol–water partition coefficient (Wildman–Crippen LogP) is 1.10. The Labute approximate surface area is 111 Å². The van der Waals surface area contributed by atoms with Gasteiger partial charge in [0, 0.05) is 13.1 Å². The van der Waals surface area contributed by atoms with Crippen LogP contribution >= 0.6 is 11.6 Å². The van der Waals surface area contributed by atoms with Gasteiger partial charge in [0.1, 0.15) is 6.33 Å². The van der Waals surface area contributed by atoms with Crippen LogP contribution in [0.25, 0.3) is 0 Å². The van der Waals surface area contributed by atoms with Gasteiger partial charge < -0.3 is 15.0 Å². The van der Waals surface area contributed by atoms with E-state index in [1.54, 1.807) is 11.9 Å². The van der Waals surface area contributed by atoms with Crippen molar-refractivity contribution in [1.82, 2.24) is 15.3 Å². The topological polar surface area (TPSA) is 67.4 Å². The van der Waals surface area contributed by atoms with E-state index in [1.165, 1.54) is 13.4 Å². The zero-order valence-corrected chi connectivity index (χ0v) is 11.7. The number of nitrogens with zero attached hydrogens (tertiary/aromatic N) is 3. The highest BCUT2D eigenvalue weighted by Crippen LogP contribution is 2.30. The predicted molar refractivity (Wildman–Crippen MR) is 70.1 cm³/mol. The molecule has 0 saturated carbocycles. The lowest BCUT2D eigenvalue weighted by Crippen LogP contribution is -2.39. The zero-order chi connectivity index (χ0) is 13.7. The van der Waals surface area contributed by atoms with Gasteiger partial charge in [0.05, 0.1) is 13.7 Å². The summed E-state index contributed by atoms with van der Waals surface area (Å²) in [5.74, 6) is 0.750. The van der Waals surface area contributed by atoms with E-state index < -0.39 is 0 Å². The second-order valence-corrected chi connectivity index (χ2v) is 4.46. The second-order valence-electron chi connectivity index (χ2n) is 4.10. The number of aromatic nitrogens is 2. The average molecular weight is 273 g/mol. The minimum absolute atomic E-state index is 0.0933. The first-order valence-electron chi connectivity index (χ1n) is 5.50. The van der Waals surface area contributed by atoms with Crippen molar-refractivity contribution in [2.45, 2.75) is 19.9 Å². The van der Waals surface area contributed by atoms with Crippen LogP contribution in [0.3, 0.4) is 0 Å². The first-order valence-corrected chi connectivity index (χ1v) is 5.88. The van der Waals surface area contributed by atoms with Gasteiger partial charge in [-0.15, -0.1) is 0 Å². The molecule has 7 heteroatoms. The smallest absolute Gasteiger partial charge is 0.239 e. The first kappa shape index (κ1) is 14.5. The lowest BCUT2D eigenvalue weighted by atomic mass is 10.3. The van der Waals surface area contributed by atoms with E-state index in [1.807, 2.05) is 13.8 Å². The molecule has 0 radical (unpaired) electrons. The Morgan fingerprint density at radius 2 is 2.22 bits per heavy atom. The lowest BCUT2D eigenvalue weighted by molar-refractivity contribution is -0.120. The van der Waals surface area contributed by atoms with Gasteiger partial charge in [-0.25, -0.2) is 9.97 Å². The Bertz CT molecular complexity index is 426. The fourth-order valence-electron chi connectivity index (χ4n) is 1.45. The van der Waals surface area contributed by atoms with Crippen LogP contribution < -0.4 is 15.0 Å². The Kier molecular flexibility index (Phi) is 5.15. The van der Waals surface area contributed by atoms with E-state index in [-0.39, 0.29) is 23.6 Å². The summed E-state index contributed by atoms with van der Waals surface area (Å²) in [6.45, 7) is 3.97. The van der Waals surface area contributed by atoms with Crippen molar-refractivity contribution in [2.24, 2.45) is 0 Å². The number of halogens is 1. The van der Waals surface area contributed by atoms with Gasteiger partial charge in [0.15, 0.2) is 16.7 Å². The van der Waals surface area contributed by atoms with Gasteiger partial charge in [-0.3, -0.25) is 4.79 Å². The lowest BCUT2D eigenvalue weighted by Gasteiger charge is -2.20. The summed E-state index contributed by atoms with van der Waals surface area (Å²) >= 11 is 5.89. The minimum atomic E-state index is -0.0933. The van der Waals surface area contributed by atoms with Crippen LogP contribution in [0.5, 0.6) is 5.75 Å². The maximum atomic E-state index is 11.7. The molecule has 0 aromatic carbocycles. The maximum absolute atomic E-state index is 11.7. The Balaban J connectivity index is 2.81. The van der Waals surface area contributed by atoms with Crippen LogP contribution in [-0.4, -0.2) is 42.6 Å². The highest BCUT2D eigenvalue weighted by Gasteiger charge is 2.16. The quantitative estimate of drug-likeness (QED) is 0.813. The number of methoxy groups -OCH3 is 1. The molecule has 0 fully saturated rings. The number of carbonyl (C=O) groups excluding carboxylic acids is 1. The molecule has 0 aliphatic carbocycles. The molecule has 1 amide bonds. The van der Waals surface area contributed by atoms with Crippen LogP contribution in [0.15, 0.2) is 6.33 Å². The van der Waals surface area contributed by atoms with Crippen molar-refractivity contribution in [3.8, 4) is 5.75 Å². The Hall–Kier alpha value is -1.56. The van der Waals surface area contributed by atoms with E-state index in [0.717, 1.165) is 0 Å². The summed E-state index contributed by atoms with van der Waals surface area (Å²) in [5.41, 5.74) is 0. The molecule has 1 aromatic heterocycles. The summed E-state index contributed by atoms with van der Waals surface area (Å²) in [6, 6.07) is 0.0989. The van der Waals surface area contributed by atoms with E-state index in [9.17, 15) is 4.79 Å². The van der Waals surface area contributed by atoms with Crippen LogP contribution in [0.4, 0.5) is 5.82 Å². The second kappa shape index (κ2) is 6.39. The average Bonchev–Trinajstić information content (AvgIpc) is 2.27. The van der Waals surface area contributed by atoms with Crippen molar-refractivity contribution in [2.75, 3.05) is 25.6 Å². The molecular formula is C11H17ClN4O2. The molecule has 0 aliphatic rings. The van der Waals surface area contributed by atoms with Gasteiger partial charge in [-0.05, 0) is 13.8 Å². The van der Waals surface area contributed by atoms with Crippen LogP contribution in [0, 0.1) is 0 Å². The molecule has 1 heterocycles. The first-order chi connectivity index (χ1) is 8.45. The number of rotatable bonds is 5. The molecule has 1 N–H and O–H groups in total. The van der Waals surface area contributed by atoms with E-state index in [0.29, 0.717) is 11.6 Å². The fraction of sp³-hybridized carbons (Fsp3) is 0.545. The van der Waals surface area contributed by atoms with E-state index in [2.05, 4.69) is 15.3 Å². The maximum Gasteiger partial charge on any atom is 0.239 e. The largest absolute Gasteiger partial charge is 0.490 e. The van der Waals surface area contributed by atoms with Crippen molar-refractivity contribution < 1.29 is 9.53 Å². The van der Waals surface area contributed by atoms with Gasteiger partial charge in [-0.2, -0.15) is 0 Å². The molecule has 0 spiro atoms. The molecular weight excluding hydrogens is 256 g/mol. The van der Waals surface area contributed by atoms with E-state index >= 15 is 0 Å². The molecule has 100 valence electrons. The summed E-state index contributed by atoms with van der Waals surface area (Å²) < 4.78 is 5.13. The van der Waals surface area contributed by atoms with E-state index in [4.69, 9.17) is 16.3 Å². The number of hydrogen-bond acceptors (Lipinski definition) is 5. The van der Waals surface area contributed by atoms with Gasteiger partial charge >= 0.3 is 0 Å². The molecule has 18 heavy (non-hydrogen) atoms. The monoisotopic (exact) mass is 272 g/mol. The van der Waals surface area contributed by atoms with Crippen molar-refractivity contribution in [1.29, 1.82) is 0 Å².